The number of aromatic amines is 2. The molecule has 1 heterocycles. The fourth-order valence-corrected chi connectivity index (χ4v) is 1.49. The average molecular weight is 231 g/mol. The van der Waals surface area contributed by atoms with Crippen LogP contribution >= 0.6 is 0 Å². The smallest absolute Gasteiger partial charge is 0.266 e. The molecule has 0 fully saturated rings. The van der Waals surface area contributed by atoms with Crippen LogP contribution in [0.2, 0.25) is 0 Å². The molecule has 0 radical (unpaired) electrons. The fourth-order valence-electron chi connectivity index (χ4n) is 1.49. The number of rotatable bonds is 3. The number of amides is 1. The first-order valence-corrected chi connectivity index (χ1v) is 5.26. The lowest BCUT2D eigenvalue weighted by Crippen LogP contribution is -2.14. The van der Waals surface area contributed by atoms with E-state index in [1.807, 2.05) is 31.2 Å². The molecule has 0 aliphatic rings. The topological polar surface area (TPSA) is 77.8 Å². The molecule has 0 saturated carbocycles. The number of aryl methyl sites for hydroxylation is 1. The molecule has 0 unspecified atom stereocenters. The van der Waals surface area contributed by atoms with Crippen LogP contribution in [-0.4, -0.2) is 16.1 Å². The summed E-state index contributed by atoms with van der Waals surface area (Å²) in [7, 11) is 0. The van der Waals surface area contributed by atoms with Gasteiger partial charge in [0.25, 0.3) is 5.56 Å². The molecular weight excluding hydrogens is 218 g/mol. The van der Waals surface area contributed by atoms with E-state index in [-0.39, 0.29) is 17.9 Å². The van der Waals surface area contributed by atoms with Crippen molar-refractivity contribution >= 4 is 11.7 Å². The Bertz CT molecular complexity index is 566. The van der Waals surface area contributed by atoms with E-state index in [1.54, 1.807) is 0 Å². The van der Waals surface area contributed by atoms with Gasteiger partial charge in [-0.25, -0.2) is 0 Å². The van der Waals surface area contributed by atoms with Crippen LogP contribution < -0.4 is 10.9 Å². The summed E-state index contributed by atoms with van der Waals surface area (Å²) in [5.41, 5.74) is 1.82. The number of benzene rings is 1. The predicted molar refractivity (Wildman–Crippen MR) is 64.9 cm³/mol. The van der Waals surface area contributed by atoms with E-state index in [9.17, 15) is 9.59 Å². The van der Waals surface area contributed by atoms with Crippen molar-refractivity contribution in [2.75, 3.05) is 5.32 Å². The van der Waals surface area contributed by atoms with E-state index in [0.717, 1.165) is 11.1 Å². The van der Waals surface area contributed by atoms with Crippen LogP contribution in [0.4, 0.5) is 5.82 Å². The fraction of sp³-hybridized carbons (Fsp3) is 0.167. The molecule has 0 aliphatic heterocycles. The maximum Gasteiger partial charge on any atom is 0.266 e. The van der Waals surface area contributed by atoms with Gasteiger partial charge in [-0.15, -0.1) is 0 Å². The van der Waals surface area contributed by atoms with Crippen LogP contribution in [0.3, 0.4) is 0 Å². The molecule has 0 atom stereocenters. The highest BCUT2D eigenvalue weighted by Crippen LogP contribution is 2.05. The Labute approximate surface area is 97.9 Å². The number of aromatic nitrogens is 2. The largest absolute Gasteiger partial charge is 0.311 e. The molecule has 5 nitrogen and oxygen atoms in total. The van der Waals surface area contributed by atoms with Gasteiger partial charge in [0.15, 0.2) is 0 Å². The number of nitrogens with one attached hydrogen (secondary N) is 3. The molecule has 1 amide bonds. The molecule has 3 N–H and O–H groups in total. The maximum atomic E-state index is 11.6. The summed E-state index contributed by atoms with van der Waals surface area (Å²) in [5, 5.41) is 7.51. The van der Waals surface area contributed by atoms with E-state index in [4.69, 9.17) is 0 Å². The van der Waals surface area contributed by atoms with Crippen LogP contribution in [0.5, 0.6) is 0 Å². The predicted octanol–water partition coefficient (Wildman–Crippen LogP) is 1.19. The van der Waals surface area contributed by atoms with Crippen molar-refractivity contribution in [2.24, 2.45) is 0 Å². The minimum atomic E-state index is -0.268. The Morgan fingerprint density at radius 3 is 2.53 bits per heavy atom. The third-order valence-electron chi connectivity index (χ3n) is 2.36. The zero-order valence-electron chi connectivity index (χ0n) is 9.41. The van der Waals surface area contributed by atoms with Crippen molar-refractivity contribution < 1.29 is 4.79 Å². The summed E-state index contributed by atoms with van der Waals surface area (Å²) in [5.74, 6) is 0.219. The lowest BCUT2D eigenvalue weighted by Gasteiger charge is -2.02. The van der Waals surface area contributed by atoms with Gasteiger partial charge in [0.1, 0.15) is 5.82 Å². The van der Waals surface area contributed by atoms with Gasteiger partial charge in [0, 0.05) is 6.07 Å². The van der Waals surface area contributed by atoms with Crippen LogP contribution in [0.25, 0.3) is 0 Å². The zero-order chi connectivity index (χ0) is 12.3. The molecule has 0 bridgehead atoms. The Kier molecular flexibility index (Phi) is 3.09. The van der Waals surface area contributed by atoms with Gasteiger partial charge < -0.3 is 5.32 Å². The van der Waals surface area contributed by atoms with Crippen molar-refractivity contribution in [3.05, 3.63) is 51.8 Å². The average Bonchev–Trinajstić information content (AvgIpc) is 2.67. The van der Waals surface area contributed by atoms with Gasteiger partial charge in [-0.2, -0.15) is 0 Å². The van der Waals surface area contributed by atoms with Crippen molar-refractivity contribution in [2.45, 2.75) is 13.3 Å². The molecule has 0 spiro atoms. The first kappa shape index (κ1) is 11.2. The Morgan fingerprint density at radius 1 is 1.24 bits per heavy atom. The highest BCUT2D eigenvalue weighted by molar-refractivity contribution is 5.91. The number of hydrogen-bond donors (Lipinski definition) is 3. The first-order valence-electron chi connectivity index (χ1n) is 5.26. The molecule has 0 saturated heterocycles. The van der Waals surface area contributed by atoms with Gasteiger partial charge in [-0.3, -0.25) is 19.8 Å². The quantitative estimate of drug-likeness (QED) is 0.742. The molecule has 5 heteroatoms. The van der Waals surface area contributed by atoms with E-state index in [0.29, 0.717) is 5.82 Å². The second-order valence-electron chi connectivity index (χ2n) is 3.88. The molecule has 1 aromatic heterocycles. The minimum absolute atomic E-state index is 0.163. The van der Waals surface area contributed by atoms with Crippen molar-refractivity contribution in [1.29, 1.82) is 0 Å². The van der Waals surface area contributed by atoms with Gasteiger partial charge in [0.2, 0.25) is 5.91 Å². The lowest BCUT2D eigenvalue weighted by atomic mass is 10.1. The third kappa shape index (κ3) is 3.07. The Hall–Kier alpha value is -2.30. The van der Waals surface area contributed by atoms with E-state index in [1.165, 1.54) is 6.07 Å². The minimum Gasteiger partial charge on any atom is -0.311 e. The van der Waals surface area contributed by atoms with Crippen LogP contribution in [-0.2, 0) is 11.2 Å². The Balaban J connectivity index is 1.97. The summed E-state index contributed by atoms with van der Waals surface area (Å²) >= 11 is 0. The van der Waals surface area contributed by atoms with Gasteiger partial charge >= 0.3 is 0 Å². The summed E-state index contributed by atoms with van der Waals surface area (Å²) in [6, 6.07) is 9.04. The van der Waals surface area contributed by atoms with Crippen molar-refractivity contribution in [3.63, 3.8) is 0 Å². The normalized spacial score (nSPS) is 10.2. The van der Waals surface area contributed by atoms with Crippen LogP contribution in [0.15, 0.2) is 35.1 Å². The zero-order valence-corrected chi connectivity index (χ0v) is 9.41. The van der Waals surface area contributed by atoms with Gasteiger partial charge in [-0.05, 0) is 12.5 Å². The van der Waals surface area contributed by atoms with Crippen molar-refractivity contribution in [1.82, 2.24) is 10.2 Å². The number of hydrogen-bond acceptors (Lipinski definition) is 2. The molecule has 17 heavy (non-hydrogen) atoms. The number of H-pyrrole nitrogens is 2. The lowest BCUT2D eigenvalue weighted by molar-refractivity contribution is -0.115. The molecule has 2 aromatic rings. The van der Waals surface area contributed by atoms with E-state index in [2.05, 4.69) is 15.5 Å². The molecule has 2 rings (SSSR count). The summed E-state index contributed by atoms with van der Waals surface area (Å²) in [4.78, 5) is 22.5. The molecule has 1 aromatic carbocycles. The van der Waals surface area contributed by atoms with Gasteiger partial charge in [-0.1, -0.05) is 29.8 Å². The second kappa shape index (κ2) is 4.69. The van der Waals surface area contributed by atoms with E-state index >= 15 is 0 Å². The van der Waals surface area contributed by atoms with E-state index < -0.39 is 0 Å². The highest BCUT2D eigenvalue weighted by Gasteiger charge is 2.05. The van der Waals surface area contributed by atoms with Crippen molar-refractivity contribution in [3.8, 4) is 0 Å². The molecule has 0 aliphatic carbocycles. The third-order valence-corrected chi connectivity index (χ3v) is 2.36. The summed E-state index contributed by atoms with van der Waals surface area (Å²) in [6.07, 6.45) is 0.285. The standard InChI is InChI=1S/C12H13N3O2/c1-8-2-4-9(5-3-8)6-11(16)13-10-7-12(17)15-14-10/h2-5,7H,6H2,1H3,(H3,13,14,15,16,17). The van der Waals surface area contributed by atoms with Crippen LogP contribution in [0.1, 0.15) is 11.1 Å². The number of carbonyl (C=O) groups is 1. The second-order valence-corrected chi connectivity index (χ2v) is 3.88. The van der Waals surface area contributed by atoms with Gasteiger partial charge in [0.05, 0.1) is 6.42 Å². The maximum absolute atomic E-state index is 11.6. The first-order chi connectivity index (χ1) is 8.13. The highest BCUT2D eigenvalue weighted by atomic mass is 16.2. The molecular formula is C12H13N3O2. The number of carbonyl (C=O) groups excluding carboxylic acids is 1. The number of anilines is 1. The monoisotopic (exact) mass is 231 g/mol. The summed E-state index contributed by atoms with van der Waals surface area (Å²) < 4.78 is 0. The Morgan fingerprint density at radius 2 is 1.94 bits per heavy atom. The summed E-state index contributed by atoms with van der Waals surface area (Å²) in [6.45, 7) is 1.99. The SMILES string of the molecule is Cc1ccc(CC(=O)Nc2cc(=O)[nH][nH]2)cc1. The van der Waals surface area contributed by atoms with Crippen LogP contribution in [0, 0.1) is 6.92 Å². The molecule has 88 valence electrons.